The monoisotopic (exact) mass is 276 g/mol. The van der Waals surface area contributed by atoms with E-state index in [0.717, 1.165) is 43.2 Å². The first-order chi connectivity index (χ1) is 9.81. The highest BCUT2D eigenvalue weighted by molar-refractivity contribution is 5.76. The predicted molar refractivity (Wildman–Crippen MR) is 79.2 cm³/mol. The van der Waals surface area contributed by atoms with Crippen molar-refractivity contribution < 1.29 is 4.79 Å². The molecule has 0 aromatic heterocycles. The first-order valence-corrected chi connectivity index (χ1v) is 8.81. The Balaban J connectivity index is 1.30. The lowest BCUT2D eigenvalue weighted by atomic mass is 9.79. The number of amides is 1. The van der Waals surface area contributed by atoms with Crippen LogP contribution in [-0.4, -0.2) is 25.0 Å². The highest BCUT2D eigenvalue weighted by atomic mass is 16.1. The van der Waals surface area contributed by atoms with E-state index in [0.29, 0.717) is 17.9 Å². The number of nitrogens with one attached hydrogen (secondary N) is 2. The van der Waals surface area contributed by atoms with Crippen molar-refractivity contribution in [2.24, 2.45) is 29.6 Å². The van der Waals surface area contributed by atoms with Gasteiger partial charge in [0.05, 0.1) is 0 Å². The van der Waals surface area contributed by atoms with Crippen molar-refractivity contribution in [2.75, 3.05) is 13.1 Å². The Morgan fingerprint density at radius 3 is 2.65 bits per heavy atom. The maximum absolute atomic E-state index is 12.3. The molecule has 1 saturated heterocycles. The topological polar surface area (TPSA) is 41.1 Å². The van der Waals surface area contributed by atoms with Gasteiger partial charge in [0.2, 0.25) is 5.91 Å². The molecule has 2 N–H and O–H groups in total. The van der Waals surface area contributed by atoms with Gasteiger partial charge in [-0.25, -0.2) is 0 Å². The lowest BCUT2D eigenvalue weighted by Crippen LogP contribution is -2.43. The Labute approximate surface area is 122 Å². The van der Waals surface area contributed by atoms with Crippen molar-refractivity contribution in [2.45, 2.75) is 57.4 Å². The lowest BCUT2D eigenvalue weighted by molar-refractivity contribution is -0.123. The van der Waals surface area contributed by atoms with Gasteiger partial charge in [0, 0.05) is 12.5 Å². The van der Waals surface area contributed by atoms with Gasteiger partial charge in [-0.05, 0) is 81.2 Å². The third-order valence-electron chi connectivity index (χ3n) is 6.71. The van der Waals surface area contributed by atoms with Crippen molar-refractivity contribution in [3.8, 4) is 0 Å². The van der Waals surface area contributed by atoms with Gasteiger partial charge < -0.3 is 10.6 Å². The normalized spacial score (nSPS) is 43.7. The maximum atomic E-state index is 12.3. The van der Waals surface area contributed by atoms with Crippen molar-refractivity contribution >= 4 is 5.91 Å². The minimum absolute atomic E-state index is 0.337. The van der Waals surface area contributed by atoms with Crippen molar-refractivity contribution in [1.29, 1.82) is 0 Å². The number of hydrogen-bond acceptors (Lipinski definition) is 2. The van der Waals surface area contributed by atoms with Gasteiger partial charge in [-0.15, -0.1) is 0 Å². The van der Waals surface area contributed by atoms with E-state index in [1.807, 2.05) is 0 Å². The Morgan fingerprint density at radius 1 is 1.00 bits per heavy atom. The zero-order valence-electron chi connectivity index (χ0n) is 12.4. The molecule has 0 aromatic rings. The quantitative estimate of drug-likeness (QED) is 0.830. The Hall–Kier alpha value is -0.570. The molecule has 5 atom stereocenters. The van der Waals surface area contributed by atoms with Gasteiger partial charge in [-0.1, -0.05) is 6.42 Å². The van der Waals surface area contributed by atoms with E-state index in [1.54, 1.807) is 0 Å². The molecule has 3 saturated carbocycles. The molecule has 1 aliphatic heterocycles. The molecule has 0 aromatic carbocycles. The minimum Gasteiger partial charge on any atom is -0.353 e. The van der Waals surface area contributed by atoms with Gasteiger partial charge in [-0.2, -0.15) is 0 Å². The van der Waals surface area contributed by atoms with Gasteiger partial charge in [0.25, 0.3) is 0 Å². The molecule has 4 fully saturated rings. The molecule has 1 amide bonds. The molecule has 4 aliphatic rings. The summed E-state index contributed by atoms with van der Waals surface area (Å²) in [5.41, 5.74) is 0. The van der Waals surface area contributed by atoms with Gasteiger partial charge in [0.1, 0.15) is 0 Å². The predicted octanol–water partition coefficient (Wildman–Crippen LogP) is 2.32. The molecular formula is C17H28N2O. The fraction of sp³-hybridized carbons (Fsp3) is 0.941. The molecule has 1 heterocycles. The summed E-state index contributed by atoms with van der Waals surface area (Å²) in [7, 11) is 0. The largest absolute Gasteiger partial charge is 0.353 e. The second-order valence-electron chi connectivity index (χ2n) is 7.73. The second-order valence-corrected chi connectivity index (χ2v) is 7.73. The Bertz CT molecular complexity index is 377. The number of fused-ring (bicyclic) bond motifs is 5. The molecule has 0 spiro atoms. The SMILES string of the molecule is O=C(CC1CCNCC1)NC1CC2CC1C1CCCC21. The molecule has 3 nitrogen and oxygen atoms in total. The summed E-state index contributed by atoms with van der Waals surface area (Å²) in [4.78, 5) is 12.3. The fourth-order valence-corrected chi connectivity index (χ4v) is 5.85. The van der Waals surface area contributed by atoms with Crippen LogP contribution in [0.15, 0.2) is 0 Å². The molecule has 0 radical (unpaired) electrons. The summed E-state index contributed by atoms with van der Waals surface area (Å²) in [5, 5.41) is 6.79. The van der Waals surface area contributed by atoms with Crippen LogP contribution in [0.25, 0.3) is 0 Å². The van der Waals surface area contributed by atoms with Crippen LogP contribution in [-0.2, 0) is 4.79 Å². The smallest absolute Gasteiger partial charge is 0.220 e. The maximum Gasteiger partial charge on any atom is 0.220 e. The third-order valence-corrected chi connectivity index (χ3v) is 6.71. The molecular weight excluding hydrogens is 248 g/mol. The average molecular weight is 276 g/mol. The highest BCUT2D eigenvalue weighted by Crippen LogP contribution is 2.58. The zero-order chi connectivity index (χ0) is 13.5. The standard InChI is InChI=1S/C17H28N2O/c20-17(8-11-4-6-18-7-5-11)19-16-10-12-9-15(16)14-3-1-2-13(12)14/h11-16,18H,1-10H2,(H,19,20). The van der Waals surface area contributed by atoms with E-state index in [2.05, 4.69) is 10.6 Å². The van der Waals surface area contributed by atoms with Crippen LogP contribution in [0.1, 0.15) is 51.4 Å². The molecule has 3 aliphatic carbocycles. The van der Waals surface area contributed by atoms with E-state index in [-0.39, 0.29) is 0 Å². The van der Waals surface area contributed by atoms with Crippen LogP contribution in [0, 0.1) is 29.6 Å². The molecule has 4 rings (SSSR count). The summed E-state index contributed by atoms with van der Waals surface area (Å²) in [6.45, 7) is 2.19. The fourth-order valence-electron chi connectivity index (χ4n) is 5.85. The number of rotatable bonds is 3. The van der Waals surface area contributed by atoms with Crippen molar-refractivity contribution in [3.63, 3.8) is 0 Å². The van der Waals surface area contributed by atoms with Crippen LogP contribution < -0.4 is 10.6 Å². The van der Waals surface area contributed by atoms with Gasteiger partial charge in [-0.3, -0.25) is 4.79 Å². The first kappa shape index (κ1) is 13.1. The van der Waals surface area contributed by atoms with Crippen LogP contribution in [0.3, 0.4) is 0 Å². The lowest BCUT2D eigenvalue weighted by Gasteiger charge is -2.32. The minimum atomic E-state index is 0.337. The number of piperidine rings is 1. The Morgan fingerprint density at radius 2 is 1.80 bits per heavy atom. The number of hydrogen-bond donors (Lipinski definition) is 2. The van der Waals surface area contributed by atoms with Crippen LogP contribution in [0.2, 0.25) is 0 Å². The van der Waals surface area contributed by atoms with Crippen LogP contribution >= 0.6 is 0 Å². The summed E-state index contributed by atoms with van der Waals surface area (Å²) in [6.07, 6.45) is 10.2. The third kappa shape index (κ3) is 2.28. The summed E-state index contributed by atoms with van der Waals surface area (Å²) < 4.78 is 0. The number of carbonyl (C=O) groups is 1. The molecule has 20 heavy (non-hydrogen) atoms. The van der Waals surface area contributed by atoms with E-state index >= 15 is 0 Å². The summed E-state index contributed by atoms with van der Waals surface area (Å²) >= 11 is 0. The van der Waals surface area contributed by atoms with Crippen molar-refractivity contribution in [1.82, 2.24) is 10.6 Å². The average Bonchev–Trinajstić information content (AvgIpc) is 3.11. The molecule has 2 bridgehead atoms. The van der Waals surface area contributed by atoms with Crippen molar-refractivity contribution in [3.05, 3.63) is 0 Å². The highest BCUT2D eigenvalue weighted by Gasteiger charge is 2.53. The zero-order valence-corrected chi connectivity index (χ0v) is 12.4. The number of carbonyl (C=O) groups excluding carboxylic acids is 1. The molecule has 5 unspecified atom stereocenters. The first-order valence-electron chi connectivity index (χ1n) is 8.81. The van der Waals surface area contributed by atoms with Gasteiger partial charge >= 0.3 is 0 Å². The Kier molecular flexibility index (Phi) is 3.49. The van der Waals surface area contributed by atoms with E-state index in [1.165, 1.54) is 44.9 Å². The molecule has 3 heteroatoms. The summed E-state index contributed by atoms with van der Waals surface area (Å²) in [6, 6.07) is 0.522. The van der Waals surface area contributed by atoms with E-state index in [9.17, 15) is 4.79 Å². The van der Waals surface area contributed by atoms with Crippen LogP contribution in [0.5, 0.6) is 0 Å². The van der Waals surface area contributed by atoms with E-state index < -0.39 is 0 Å². The molecule has 112 valence electrons. The van der Waals surface area contributed by atoms with Crippen LogP contribution in [0.4, 0.5) is 0 Å². The summed E-state index contributed by atoms with van der Waals surface area (Å²) in [5.74, 6) is 4.70. The second kappa shape index (κ2) is 5.32. The van der Waals surface area contributed by atoms with Gasteiger partial charge in [0.15, 0.2) is 0 Å². The van der Waals surface area contributed by atoms with E-state index in [4.69, 9.17) is 0 Å².